The third-order valence-electron chi connectivity index (χ3n) is 1.31. The molecular weight excluding hydrogens is 235 g/mol. The molecule has 2 N–H and O–H groups in total. The zero-order chi connectivity index (χ0) is 8.48. The first kappa shape index (κ1) is 16.6. The van der Waals surface area contributed by atoms with Gasteiger partial charge in [-0.1, -0.05) is 17.7 Å². The van der Waals surface area contributed by atoms with E-state index in [0.29, 0.717) is 0 Å². The Morgan fingerprint density at radius 3 is 2.00 bits per heavy atom. The van der Waals surface area contributed by atoms with Crippen LogP contribution in [0.1, 0.15) is 5.56 Å². The summed E-state index contributed by atoms with van der Waals surface area (Å²) in [5.41, 5.74) is 1.02. The second-order valence-corrected chi connectivity index (χ2v) is 4.96. The molecular formula is C7H9KO3S2. The van der Waals surface area contributed by atoms with Gasteiger partial charge < -0.3 is 10.0 Å². The summed E-state index contributed by atoms with van der Waals surface area (Å²) < 4.78 is 21.5. The van der Waals surface area contributed by atoms with Crippen LogP contribution >= 0.6 is 0 Å². The molecule has 0 heterocycles. The average molecular weight is 244 g/mol. The van der Waals surface area contributed by atoms with E-state index in [0.717, 1.165) is 5.56 Å². The SMILES string of the molecule is Cc1ccc(S(=O)([O-])=S)cc1.O.[K+]. The van der Waals surface area contributed by atoms with Gasteiger partial charge in [-0.3, -0.25) is 4.21 Å². The van der Waals surface area contributed by atoms with Gasteiger partial charge in [0, 0.05) is 4.90 Å². The Kier molecular flexibility index (Phi) is 8.41. The average Bonchev–Trinajstić information content (AvgIpc) is 1.86. The van der Waals surface area contributed by atoms with E-state index in [1.165, 1.54) is 12.1 Å². The molecule has 1 atom stereocenters. The summed E-state index contributed by atoms with van der Waals surface area (Å²) in [6, 6.07) is 6.47. The third kappa shape index (κ3) is 5.56. The second-order valence-electron chi connectivity index (χ2n) is 2.27. The first-order valence-electron chi connectivity index (χ1n) is 3.03. The zero-order valence-electron chi connectivity index (χ0n) is 7.44. The molecule has 13 heavy (non-hydrogen) atoms. The van der Waals surface area contributed by atoms with E-state index < -0.39 is 8.77 Å². The van der Waals surface area contributed by atoms with Crippen LogP contribution < -0.4 is 51.4 Å². The molecule has 1 unspecified atom stereocenters. The van der Waals surface area contributed by atoms with Crippen LogP contribution in [-0.4, -0.2) is 14.2 Å². The molecule has 0 amide bonds. The van der Waals surface area contributed by atoms with Gasteiger partial charge in [-0.2, -0.15) is 0 Å². The van der Waals surface area contributed by atoms with Crippen LogP contribution in [0.3, 0.4) is 0 Å². The maximum absolute atomic E-state index is 10.8. The van der Waals surface area contributed by atoms with Crippen molar-refractivity contribution >= 4 is 20.0 Å². The molecule has 0 aliphatic carbocycles. The summed E-state index contributed by atoms with van der Waals surface area (Å²) in [5, 5.41) is 0. The van der Waals surface area contributed by atoms with Crippen LogP contribution in [0, 0.1) is 6.92 Å². The summed E-state index contributed by atoms with van der Waals surface area (Å²) >= 11 is 4.27. The second kappa shape index (κ2) is 6.60. The molecule has 0 fully saturated rings. The molecule has 1 aromatic carbocycles. The summed E-state index contributed by atoms with van der Waals surface area (Å²) in [6.45, 7) is 1.89. The van der Waals surface area contributed by atoms with Gasteiger partial charge in [0.25, 0.3) is 0 Å². The Hall–Kier alpha value is 1.15. The van der Waals surface area contributed by atoms with Gasteiger partial charge >= 0.3 is 51.4 Å². The standard InChI is InChI=1S/C7H8O2S2.K.H2O/c1-6-2-4-7(5-3-6)11(8,9)10;;/h2-5H,1H3,(H,8,9,10);;1H2/q;+1;/p-1. The van der Waals surface area contributed by atoms with Crippen LogP contribution in [0.2, 0.25) is 0 Å². The fourth-order valence-electron chi connectivity index (χ4n) is 0.705. The minimum Gasteiger partial charge on any atom is -0.766 e. The summed E-state index contributed by atoms with van der Waals surface area (Å²) in [5.74, 6) is 0. The predicted molar refractivity (Wildman–Crippen MR) is 49.3 cm³/mol. The first-order valence-corrected chi connectivity index (χ1v) is 5.43. The van der Waals surface area contributed by atoms with Crippen LogP contribution in [0.25, 0.3) is 0 Å². The van der Waals surface area contributed by atoms with E-state index in [1.807, 2.05) is 6.92 Å². The fourth-order valence-corrected chi connectivity index (χ4v) is 1.51. The van der Waals surface area contributed by atoms with E-state index in [9.17, 15) is 8.76 Å². The maximum atomic E-state index is 10.8. The van der Waals surface area contributed by atoms with E-state index >= 15 is 0 Å². The largest absolute Gasteiger partial charge is 1.00 e. The number of rotatable bonds is 1. The molecule has 0 saturated carbocycles. The summed E-state index contributed by atoms with van der Waals surface area (Å²) in [6.07, 6.45) is 0. The van der Waals surface area contributed by atoms with Crippen molar-refractivity contribution < 1.29 is 65.6 Å². The van der Waals surface area contributed by atoms with E-state index in [1.54, 1.807) is 12.1 Å². The molecule has 0 aromatic heterocycles. The molecule has 68 valence electrons. The molecule has 0 bridgehead atoms. The molecule has 0 radical (unpaired) electrons. The molecule has 0 aliphatic heterocycles. The van der Waals surface area contributed by atoms with Crippen molar-refractivity contribution in [2.45, 2.75) is 11.8 Å². The Bertz CT molecular complexity index is 345. The maximum Gasteiger partial charge on any atom is 1.00 e. The molecule has 0 spiro atoms. The normalized spacial score (nSPS) is 13.4. The van der Waals surface area contributed by atoms with Gasteiger partial charge in [0.15, 0.2) is 0 Å². The summed E-state index contributed by atoms with van der Waals surface area (Å²) in [4.78, 5) is 0.193. The Labute approximate surface area is 125 Å². The zero-order valence-corrected chi connectivity index (χ0v) is 12.2. The smallest absolute Gasteiger partial charge is 0.766 e. The minimum absolute atomic E-state index is 0. The number of hydrogen-bond donors (Lipinski definition) is 0. The van der Waals surface area contributed by atoms with Gasteiger partial charge in [0.05, 0.1) is 0 Å². The third-order valence-corrected chi connectivity index (χ3v) is 2.74. The van der Waals surface area contributed by atoms with E-state index in [-0.39, 0.29) is 61.8 Å². The van der Waals surface area contributed by atoms with Gasteiger partial charge in [0.1, 0.15) is 0 Å². The van der Waals surface area contributed by atoms with Gasteiger partial charge in [-0.05, 0) is 39.0 Å². The van der Waals surface area contributed by atoms with Gasteiger partial charge in [-0.25, -0.2) is 0 Å². The van der Waals surface area contributed by atoms with Crippen LogP contribution in [-0.2, 0) is 20.0 Å². The molecule has 1 rings (SSSR count). The predicted octanol–water partition coefficient (Wildman–Crippen LogP) is -2.59. The Morgan fingerprint density at radius 1 is 1.31 bits per heavy atom. The van der Waals surface area contributed by atoms with Crippen LogP contribution in [0.4, 0.5) is 0 Å². The molecule has 0 aliphatic rings. The van der Waals surface area contributed by atoms with Crippen molar-refractivity contribution in [3.05, 3.63) is 29.8 Å². The number of aryl methyl sites for hydroxylation is 1. The van der Waals surface area contributed by atoms with Crippen molar-refractivity contribution in [2.75, 3.05) is 0 Å². The molecule has 1 aromatic rings. The number of benzene rings is 1. The van der Waals surface area contributed by atoms with Crippen molar-refractivity contribution in [2.24, 2.45) is 0 Å². The summed E-state index contributed by atoms with van der Waals surface area (Å²) in [7, 11) is -3.44. The van der Waals surface area contributed by atoms with Crippen LogP contribution in [0.15, 0.2) is 29.2 Å². The van der Waals surface area contributed by atoms with Crippen molar-refractivity contribution in [3.63, 3.8) is 0 Å². The Morgan fingerprint density at radius 2 is 1.69 bits per heavy atom. The van der Waals surface area contributed by atoms with E-state index in [4.69, 9.17) is 0 Å². The van der Waals surface area contributed by atoms with Crippen molar-refractivity contribution in [3.8, 4) is 0 Å². The molecule has 6 heteroatoms. The van der Waals surface area contributed by atoms with Gasteiger partial charge in [-0.15, -0.1) is 0 Å². The monoisotopic (exact) mass is 244 g/mol. The fraction of sp³-hybridized carbons (Fsp3) is 0.143. The Balaban J connectivity index is 0. The molecule has 3 nitrogen and oxygen atoms in total. The van der Waals surface area contributed by atoms with Crippen molar-refractivity contribution in [1.29, 1.82) is 0 Å². The topological polar surface area (TPSA) is 71.6 Å². The quantitative estimate of drug-likeness (QED) is 0.509. The van der Waals surface area contributed by atoms with Gasteiger partial charge in [0.2, 0.25) is 0 Å². The van der Waals surface area contributed by atoms with E-state index in [2.05, 4.69) is 11.2 Å². The number of hydrogen-bond acceptors (Lipinski definition) is 3. The first-order chi connectivity index (χ1) is 5.00. The van der Waals surface area contributed by atoms with Crippen molar-refractivity contribution in [1.82, 2.24) is 0 Å². The minimum atomic E-state index is -3.44. The van der Waals surface area contributed by atoms with Crippen LogP contribution in [0.5, 0.6) is 0 Å². The molecule has 0 saturated heterocycles.